The molecule has 208 valence electrons. The molecule has 2 unspecified atom stereocenters. The van der Waals surface area contributed by atoms with Crippen molar-refractivity contribution >= 4 is 39.4 Å². The number of hydrogen-bond donors (Lipinski definition) is 3. The first-order valence-electron chi connectivity index (χ1n) is 13.4. The van der Waals surface area contributed by atoms with E-state index in [2.05, 4.69) is 39.5 Å². The fourth-order valence-corrected chi connectivity index (χ4v) is 4.99. The molecule has 0 saturated heterocycles. The summed E-state index contributed by atoms with van der Waals surface area (Å²) in [7, 11) is 0. The number of nitriles is 2. The summed E-state index contributed by atoms with van der Waals surface area (Å²) in [5, 5.41) is 51.3. The molecule has 0 fully saturated rings. The van der Waals surface area contributed by atoms with E-state index >= 15 is 0 Å². The number of benzene rings is 1. The van der Waals surface area contributed by atoms with Crippen LogP contribution >= 0.6 is 11.3 Å². The van der Waals surface area contributed by atoms with E-state index in [4.69, 9.17) is 0 Å². The standard InChI is InChI=1S/C29H38N6O3S/c1-5-8-9-10-11-12-13-21(29(37)38)16-27(36)32-25-17-22(35(6-2)7-3)14-15-24(25)33-34-28-23(18-30)20(4)26(19-31)39-28/h11-12,14-15,17,21,27,32,36H,5-10,13,16H2,1-4H3,(H,37,38)/b12-11+,34-33?. The van der Waals surface area contributed by atoms with Gasteiger partial charge in [0.25, 0.3) is 0 Å². The number of allylic oxidation sites excluding steroid dienone is 2. The van der Waals surface area contributed by atoms with Crippen LogP contribution in [0.5, 0.6) is 0 Å². The average molecular weight is 551 g/mol. The normalized spacial score (nSPS) is 12.8. The van der Waals surface area contributed by atoms with Crippen molar-refractivity contribution in [3.63, 3.8) is 0 Å². The first kappa shape index (κ1) is 31.5. The maximum atomic E-state index is 11.9. The Bertz CT molecular complexity index is 1240. The molecule has 2 aromatic rings. The highest BCUT2D eigenvalue weighted by Gasteiger charge is 2.21. The van der Waals surface area contributed by atoms with Crippen LogP contribution in [0.15, 0.2) is 40.6 Å². The SMILES string of the molecule is CCCCC/C=C/CC(CC(O)Nc1cc(N(CC)CC)ccc1N=Nc1sc(C#N)c(C)c1C#N)C(=O)O. The smallest absolute Gasteiger partial charge is 0.306 e. The van der Waals surface area contributed by atoms with E-state index in [1.54, 1.807) is 13.0 Å². The molecule has 2 atom stereocenters. The van der Waals surface area contributed by atoms with Crippen molar-refractivity contribution in [1.82, 2.24) is 0 Å². The maximum absolute atomic E-state index is 11.9. The fourth-order valence-electron chi connectivity index (χ4n) is 4.11. The Hall–Kier alpha value is -3.73. The molecule has 0 amide bonds. The number of rotatable bonds is 16. The van der Waals surface area contributed by atoms with Crippen LogP contribution in [0.3, 0.4) is 0 Å². The summed E-state index contributed by atoms with van der Waals surface area (Å²) in [5.41, 5.74) is 2.70. The molecular formula is C29H38N6O3S. The summed E-state index contributed by atoms with van der Waals surface area (Å²) in [6, 6.07) is 9.67. The van der Waals surface area contributed by atoms with Gasteiger partial charge in [-0.25, -0.2) is 0 Å². The van der Waals surface area contributed by atoms with Crippen molar-refractivity contribution in [2.45, 2.75) is 72.4 Å². The third-order valence-electron chi connectivity index (χ3n) is 6.44. The first-order chi connectivity index (χ1) is 18.8. The molecule has 0 spiro atoms. The lowest BCUT2D eigenvalue weighted by atomic mass is 9.99. The number of nitrogens with zero attached hydrogens (tertiary/aromatic N) is 5. The summed E-state index contributed by atoms with van der Waals surface area (Å²) in [5.74, 6) is -1.71. The molecule has 0 aliphatic rings. The zero-order valence-electron chi connectivity index (χ0n) is 23.1. The van der Waals surface area contributed by atoms with E-state index in [1.165, 1.54) is 0 Å². The van der Waals surface area contributed by atoms with Gasteiger partial charge in [0.2, 0.25) is 0 Å². The third kappa shape index (κ3) is 9.20. The zero-order valence-corrected chi connectivity index (χ0v) is 24.0. The number of anilines is 2. The van der Waals surface area contributed by atoms with E-state index in [0.717, 1.165) is 55.8 Å². The minimum atomic E-state index is -1.13. The molecule has 0 aliphatic carbocycles. The van der Waals surface area contributed by atoms with Crippen LogP contribution in [0.4, 0.5) is 22.1 Å². The van der Waals surface area contributed by atoms with Crippen LogP contribution in [0.25, 0.3) is 0 Å². The largest absolute Gasteiger partial charge is 0.481 e. The van der Waals surface area contributed by atoms with Gasteiger partial charge in [-0.1, -0.05) is 31.9 Å². The number of carbonyl (C=O) groups is 1. The molecule has 1 aromatic carbocycles. The van der Waals surface area contributed by atoms with Gasteiger partial charge in [-0.15, -0.1) is 21.6 Å². The van der Waals surface area contributed by atoms with Crippen molar-refractivity contribution < 1.29 is 15.0 Å². The van der Waals surface area contributed by atoms with Crippen LogP contribution in [0, 0.1) is 35.5 Å². The molecule has 39 heavy (non-hydrogen) atoms. The number of hydrogen-bond acceptors (Lipinski definition) is 9. The van der Waals surface area contributed by atoms with E-state index in [0.29, 0.717) is 38.8 Å². The topological polar surface area (TPSA) is 145 Å². The van der Waals surface area contributed by atoms with E-state index < -0.39 is 18.1 Å². The molecular weight excluding hydrogens is 512 g/mol. The Morgan fingerprint density at radius 1 is 1.15 bits per heavy atom. The lowest BCUT2D eigenvalue weighted by Crippen LogP contribution is -2.26. The summed E-state index contributed by atoms with van der Waals surface area (Å²) in [6.07, 6.45) is 7.37. The second kappa shape index (κ2) is 16.3. The van der Waals surface area contributed by atoms with Crippen LogP contribution < -0.4 is 10.2 Å². The average Bonchev–Trinajstić information content (AvgIpc) is 3.24. The van der Waals surface area contributed by atoms with Crippen molar-refractivity contribution in [3.05, 3.63) is 46.4 Å². The number of azo groups is 1. The molecule has 0 bridgehead atoms. The molecule has 0 aliphatic heterocycles. The zero-order chi connectivity index (χ0) is 28.8. The van der Waals surface area contributed by atoms with Crippen LogP contribution in [-0.2, 0) is 4.79 Å². The van der Waals surface area contributed by atoms with Crippen LogP contribution in [0.2, 0.25) is 0 Å². The van der Waals surface area contributed by atoms with Crippen molar-refractivity contribution in [1.29, 1.82) is 10.5 Å². The van der Waals surface area contributed by atoms with Gasteiger partial charge in [-0.3, -0.25) is 4.79 Å². The highest BCUT2D eigenvalue weighted by Crippen LogP contribution is 2.37. The Balaban J connectivity index is 2.30. The molecule has 0 saturated carbocycles. The summed E-state index contributed by atoms with van der Waals surface area (Å²) >= 11 is 1.10. The minimum Gasteiger partial charge on any atom is -0.481 e. The number of aliphatic hydroxyl groups is 1. The molecule has 3 N–H and O–H groups in total. The molecule has 1 heterocycles. The highest BCUT2D eigenvalue weighted by molar-refractivity contribution is 7.16. The summed E-state index contributed by atoms with van der Waals surface area (Å²) in [4.78, 5) is 14.4. The van der Waals surface area contributed by atoms with Gasteiger partial charge in [-0.05, 0) is 63.8 Å². The van der Waals surface area contributed by atoms with Crippen molar-refractivity contribution in [3.8, 4) is 12.1 Å². The van der Waals surface area contributed by atoms with Gasteiger partial charge < -0.3 is 20.4 Å². The molecule has 9 nitrogen and oxygen atoms in total. The Morgan fingerprint density at radius 3 is 2.51 bits per heavy atom. The Morgan fingerprint density at radius 2 is 1.90 bits per heavy atom. The quantitative estimate of drug-likeness (QED) is 0.0853. The van der Waals surface area contributed by atoms with Crippen LogP contribution in [0.1, 0.15) is 75.3 Å². The maximum Gasteiger partial charge on any atom is 0.306 e. The van der Waals surface area contributed by atoms with Crippen LogP contribution in [-0.4, -0.2) is 35.5 Å². The molecule has 1 aromatic heterocycles. The number of unbranched alkanes of at least 4 members (excludes halogenated alkanes) is 3. The lowest BCUT2D eigenvalue weighted by molar-refractivity contribution is -0.142. The predicted octanol–water partition coefficient (Wildman–Crippen LogP) is 7.41. The van der Waals surface area contributed by atoms with E-state index in [1.807, 2.05) is 38.1 Å². The van der Waals surface area contributed by atoms with Gasteiger partial charge in [0, 0.05) is 25.2 Å². The number of aliphatic hydroxyl groups excluding tert-OH is 1. The number of carboxylic acids is 1. The number of nitrogens with one attached hydrogen (secondary N) is 1. The first-order valence-corrected chi connectivity index (χ1v) is 14.2. The lowest BCUT2D eigenvalue weighted by Gasteiger charge is -2.24. The van der Waals surface area contributed by atoms with Crippen molar-refractivity contribution in [2.24, 2.45) is 16.1 Å². The van der Waals surface area contributed by atoms with E-state index in [9.17, 15) is 25.5 Å². The third-order valence-corrected chi connectivity index (χ3v) is 7.52. The second-order valence-corrected chi connectivity index (χ2v) is 10.2. The highest BCUT2D eigenvalue weighted by atomic mass is 32.1. The number of thiophene rings is 1. The molecule has 0 radical (unpaired) electrons. The number of aliphatic carboxylic acids is 1. The Labute approximate surface area is 235 Å². The fraction of sp³-hybridized carbons (Fsp3) is 0.483. The van der Waals surface area contributed by atoms with Gasteiger partial charge in [0.1, 0.15) is 28.9 Å². The predicted molar refractivity (Wildman–Crippen MR) is 156 cm³/mol. The molecule has 2 rings (SSSR count). The number of carboxylic acid groups (broad SMARTS) is 1. The summed E-state index contributed by atoms with van der Waals surface area (Å²) < 4.78 is 0. The Kier molecular flexibility index (Phi) is 13.1. The summed E-state index contributed by atoms with van der Waals surface area (Å²) in [6.45, 7) is 9.49. The van der Waals surface area contributed by atoms with Gasteiger partial charge in [0.05, 0.1) is 17.2 Å². The second-order valence-electron chi connectivity index (χ2n) is 9.17. The van der Waals surface area contributed by atoms with Crippen molar-refractivity contribution in [2.75, 3.05) is 23.3 Å². The monoisotopic (exact) mass is 550 g/mol. The molecule has 10 heteroatoms. The van der Waals surface area contributed by atoms with Gasteiger partial charge in [0.15, 0.2) is 5.00 Å². The minimum absolute atomic E-state index is 0.00887. The van der Waals surface area contributed by atoms with Gasteiger partial charge in [-0.2, -0.15) is 10.5 Å². The van der Waals surface area contributed by atoms with E-state index in [-0.39, 0.29) is 6.42 Å². The van der Waals surface area contributed by atoms with Gasteiger partial charge >= 0.3 is 5.97 Å².